The molecule has 672 valence electrons. The minimum atomic E-state index is -0.745. The SMILES string of the molecule is CC(C)c1ccc(-c2ccn(C3CCCC3)c2-c2ccc(C(=O)Cc3ccncc3F)o2)cc1.COc1ccc(-c2ncn(C3CCCC3)c2-c2ccc(C(=O)Nc3ccncc3F)o2)cc1.Cc1ccc(-c2ccn(C3CCCC3)c2-c2ccc(C(=O)Nc3ccncc3F)o2)cc1.O=C(Nc1ccncc1F)c1ccc(-c2c(-c3ccc(F)cc3F)ncn2C2CCCC2)o1. The summed E-state index contributed by atoms with van der Waals surface area (Å²) in [5.74, 6) is -1.97. The van der Waals surface area contributed by atoms with Crippen LogP contribution in [0.3, 0.4) is 0 Å². The van der Waals surface area contributed by atoms with Crippen molar-refractivity contribution >= 4 is 40.6 Å². The van der Waals surface area contributed by atoms with E-state index in [0.717, 1.165) is 151 Å². The predicted molar refractivity (Wildman–Crippen MR) is 490 cm³/mol. The Morgan fingerprint density at radius 1 is 0.394 bits per heavy atom. The van der Waals surface area contributed by atoms with Gasteiger partial charge in [0.2, 0.25) is 5.78 Å². The van der Waals surface area contributed by atoms with E-state index in [0.29, 0.717) is 64.0 Å². The number of carbonyl (C=O) groups is 4. The van der Waals surface area contributed by atoms with Crippen LogP contribution in [0.5, 0.6) is 5.75 Å². The summed E-state index contributed by atoms with van der Waals surface area (Å²) in [6.45, 7) is 6.45. The lowest BCUT2D eigenvalue weighted by Gasteiger charge is -2.16. The van der Waals surface area contributed by atoms with Gasteiger partial charge in [-0.05, 0) is 208 Å². The number of hydrogen-bond donors (Lipinski definition) is 3. The summed E-state index contributed by atoms with van der Waals surface area (Å²) in [5, 5.41) is 7.53. The predicted octanol–water partition coefficient (Wildman–Crippen LogP) is 25.9. The Bertz CT molecular complexity index is 6750. The number of halogens is 6. The number of carbonyl (C=O) groups excluding carboxylic acids is 4. The second-order valence-corrected chi connectivity index (χ2v) is 33.6. The number of hydrogen-bond acceptors (Lipinski definition) is 15. The highest BCUT2D eigenvalue weighted by Crippen LogP contribution is 2.46. The number of anilines is 3. The van der Waals surface area contributed by atoms with Gasteiger partial charge in [0.25, 0.3) is 17.7 Å². The van der Waals surface area contributed by atoms with Crippen LogP contribution >= 0.6 is 0 Å². The van der Waals surface area contributed by atoms with Gasteiger partial charge in [0.05, 0.1) is 78.7 Å². The number of ketones is 1. The average molecular weight is 1780 g/mol. The summed E-state index contributed by atoms with van der Waals surface area (Å²) < 4.78 is 122. The third kappa shape index (κ3) is 19.9. The Morgan fingerprint density at radius 3 is 1.19 bits per heavy atom. The minimum absolute atomic E-state index is 0.0296. The monoisotopic (exact) mass is 1780 g/mol. The average Bonchev–Trinajstić information content (AvgIpc) is 1.62. The maximum Gasteiger partial charge on any atom is 0.291 e. The maximum absolute atomic E-state index is 14.6. The quantitative estimate of drug-likeness (QED) is 0.0397. The molecule has 0 saturated heterocycles. The van der Waals surface area contributed by atoms with Crippen molar-refractivity contribution in [1.29, 1.82) is 0 Å². The van der Waals surface area contributed by atoms with Crippen molar-refractivity contribution in [2.75, 3.05) is 23.1 Å². The molecule has 28 heteroatoms. The molecule has 4 saturated carbocycles. The van der Waals surface area contributed by atoms with Crippen molar-refractivity contribution in [3.8, 4) is 96.3 Å². The first kappa shape index (κ1) is 89.0. The molecule has 3 N–H and O–H groups in total. The zero-order valence-corrected chi connectivity index (χ0v) is 73.0. The Hall–Kier alpha value is -15.0. The number of imidazole rings is 2. The Kier molecular flexibility index (Phi) is 27.2. The van der Waals surface area contributed by atoms with E-state index in [4.69, 9.17) is 27.4 Å². The molecule has 20 rings (SSSR count). The molecule has 0 spiro atoms. The lowest BCUT2D eigenvalue weighted by molar-refractivity contribution is 0.0962. The number of Topliss-reactive ketones (excluding diaryl/α,β-unsaturated/α-hetero) is 1. The molecule has 0 aliphatic heterocycles. The van der Waals surface area contributed by atoms with Gasteiger partial charge < -0.3 is 56.6 Å². The standard InChI is InChI=1S/C29H29FN2O2.C26H24FN3O2.C25H23FN4O3.C24H19F3N4O2/c1-19(2)20-7-9-21(10-8-20)24-14-16-32(23-5-3-4-6-23)29(24)28-12-11-27(34-28)26(33)17-22-13-15-31-18-25(22)30;1-17-6-8-18(9-7-17)20-13-15-30(19-4-2-3-5-19)25(20)23-10-11-24(32-23)26(31)29-22-12-14-28-16-21(22)27;1-32-18-8-6-16(7-9-18)23-24(30(15-28-23)17-4-2-3-5-17)21-10-11-22(33-21)25(31)29-20-12-13-27-14-19(20)26;25-14-5-6-16(17(26)11-14)22-23(31(13-29-22)15-3-1-2-4-15)20-7-8-21(33-20)24(32)30-19-9-10-28-12-18(19)27/h7-16,18-19,23H,3-6,17H2,1-2H3;6-16,19H,2-5H2,1H3,(H,28,29,31);6-15,17H,2-5H2,1H3,(H,27,29,31);5-13,15H,1-4H2,(H,28,30,32). The molecule has 4 aliphatic carbocycles. The Balaban J connectivity index is 0.000000123. The van der Waals surface area contributed by atoms with Gasteiger partial charge in [-0.15, -0.1) is 0 Å². The maximum atomic E-state index is 14.6. The second kappa shape index (κ2) is 40.4. The number of nitrogens with zero attached hydrogens (tertiary/aromatic N) is 10. The summed E-state index contributed by atoms with van der Waals surface area (Å²) in [4.78, 5) is 74.8. The molecule has 12 heterocycles. The van der Waals surface area contributed by atoms with E-state index in [9.17, 15) is 45.5 Å². The number of furan rings is 4. The summed E-state index contributed by atoms with van der Waals surface area (Å²) in [7, 11) is 1.63. The first-order valence-corrected chi connectivity index (χ1v) is 44.3. The third-order valence-electron chi connectivity index (χ3n) is 24.7. The highest BCUT2D eigenvalue weighted by molar-refractivity contribution is 6.04. The van der Waals surface area contributed by atoms with Crippen molar-refractivity contribution in [3.05, 3.63) is 325 Å². The van der Waals surface area contributed by atoms with Gasteiger partial charge in [-0.2, -0.15) is 0 Å². The van der Waals surface area contributed by atoms with Crippen molar-refractivity contribution in [2.45, 2.75) is 160 Å². The van der Waals surface area contributed by atoms with Crippen molar-refractivity contribution in [3.63, 3.8) is 0 Å². The van der Waals surface area contributed by atoms with Crippen LogP contribution in [0.15, 0.2) is 268 Å². The number of pyridine rings is 4. The van der Waals surface area contributed by atoms with Crippen LogP contribution in [0.4, 0.5) is 43.4 Å². The molecule has 4 fully saturated rings. The second-order valence-electron chi connectivity index (χ2n) is 33.6. The smallest absolute Gasteiger partial charge is 0.291 e. The zero-order valence-electron chi connectivity index (χ0n) is 73.0. The number of nitrogens with one attached hydrogen (secondary N) is 3. The molecule has 0 radical (unpaired) electrons. The van der Waals surface area contributed by atoms with E-state index in [1.165, 1.54) is 117 Å². The van der Waals surface area contributed by atoms with E-state index >= 15 is 0 Å². The molecule has 0 atom stereocenters. The molecule has 4 aromatic carbocycles. The summed E-state index contributed by atoms with van der Waals surface area (Å²) in [6, 6.07) is 52.7. The van der Waals surface area contributed by atoms with Crippen molar-refractivity contribution < 1.29 is 67.9 Å². The van der Waals surface area contributed by atoms with Crippen molar-refractivity contribution in [2.24, 2.45) is 0 Å². The van der Waals surface area contributed by atoms with Crippen LogP contribution in [0, 0.1) is 41.8 Å². The number of amides is 3. The van der Waals surface area contributed by atoms with Crippen LogP contribution in [0.25, 0.3) is 90.6 Å². The van der Waals surface area contributed by atoms with E-state index in [-0.39, 0.29) is 63.9 Å². The van der Waals surface area contributed by atoms with E-state index in [2.05, 4.69) is 148 Å². The number of aryl methyl sites for hydroxylation is 1. The molecule has 0 unspecified atom stereocenters. The van der Waals surface area contributed by atoms with Gasteiger partial charge in [0, 0.05) is 96.1 Å². The lowest BCUT2D eigenvalue weighted by Crippen LogP contribution is -2.12. The fourth-order valence-electron chi connectivity index (χ4n) is 17.8. The fraction of sp³-hybridized carbons (Fsp3) is 0.250. The van der Waals surface area contributed by atoms with Crippen LogP contribution in [0.1, 0.15) is 206 Å². The van der Waals surface area contributed by atoms with Crippen LogP contribution in [-0.2, 0) is 6.42 Å². The number of ether oxygens (including phenoxy) is 1. The van der Waals surface area contributed by atoms with E-state index in [1.54, 1.807) is 43.8 Å². The number of benzene rings is 4. The molecule has 12 aromatic heterocycles. The summed E-state index contributed by atoms with van der Waals surface area (Å²) in [6.07, 6.45) is 35.5. The molecule has 132 heavy (non-hydrogen) atoms. The highest BCUT2D eigenvalue weighted by Gasteiger charge is 2.33. The molecule has 22 nitrogen and oxygen atoms in total. The van der Waals surface area contributed by atoms with Gasteiger partial charge in [0.15, 0.2) is 63.5 Å². The topological polar surface area (TPSA) is 263 Å². The minimum Gasteiger partial charge on any atom is -0.497 e. The first-order valence-electron chi connectivity index (χ1n) is 44.3. The summed E-state index contributed by atoms with van der Waals surface area (Å²) in [5.41, 5.74) is 12.7. The van der Waals surface area contributed by atoms with Crippen LogP contribution in [-0.4, -0.2) is 78.8 Å². The normalized spacial score (nSPS) is 14.1. The molecule has 3 amide bonds. The summed E-state index contributed by atoms with van der Waals surface area (Å²) >= 11 is 0. The Morgan fingerprint density at radius 2 is 0.773 bits per heavy atom. The van der Waals surface area contributed by atoms with Gasteiger partial charge in [-0.1, -0.05) is 119 Å². The van der Waals surface area contributed by atoms with Gasteiger partial charge in [-0.3, -0.25) is 39.1 Å². The number of methoxy groups -OCH3 is 1. The zero-order chi connectivity index (χ0) is 91.5. The first-order chi connectivity index (χ1) is 64.2. The van der Waals surface area contributed by atoms with Gasteiger partial charge >= 0.3 is 0 Å². The van der Waals surface area contributed by atoms with E-state index in [1.807, 2.05) is 47.3 Å². The fourth-order valence-corrected chi connectivity index (χ4v) is 17.8. The van der Waals surface area contributed by atoms with Gasteiger partial charge in [0.1, 0.15) is 40.3 Å². The number of rotatable bonds is 23. The van der Waals surface area contributed by atoms with Crippen molar-refractivity contribution in [1.82, 2.24) is 48.2 Å². The molecular weight excluding hydrogens is 1690 g/mol. The molecular formula is C104H95F6N13O9. The molecule has 0 bridgehead atoms. The number of aromatic nitrogens is 10. The third-order valence-corrected chi connectivity index (χ3v) is 24.7. The molecule has 16 aromatic rings. The molecule has 4 aliphatic rings. The van der Waals surface area contributed by atoms with Gasteiger partial charge in [-0.25, -0.2) is 36.3 Å². The van der Waals surface area contributed by atoms with Crippen LogP contribution < -0.4 is 20.7 Å². The largest absolute Gasteiger partial charge is 0.497 e. The Labute approximate surface area is 757 Å². The highest BCUT2D eigenvalue weighted by atomic mass is 19.2. The van der Waals surface area contributed by atoms with E-state index < -0.39 is 52.6 Å². The lowest BCUT2D eigenvalue weighted by atomic mass is 9.98. The van der Waals surface area contributed by atoms with Crippen LogP contribution in [0.2, 0.25) is 0 Å².